The number of nitrogens with zero attached hydrogens (tertiary/aromatic N) is 2. The average molecular weight is 340 g/mol. The third kappa shape index (κ3) is 4.27. The average Bonchev–Trinajstić information content (AvgIpc) is 2.65. The summed E-state index contributed by atoms with van der Waals surface area (Å²) in [5.41, 5.74) is 0.577. The molecule has 25 heavy (non-hydrogen) atoms. The summed E-state index contributed by atoms with van der Waals surface area (Å²) in [6, 6.07) is 19.5. The van der Waals surface area contributed by atoms with Gasteiger partial charge < -0.3 is 14.5 Å². The van der Waals surface area contributed by atoms with E-state index in [4.69, 9.17) is 4.74 Å². The van der Waals surface area contributed by atoms with Crippen molar-refractivity contribution in [1.82, 2.24) is 9.80 Å². The number of carbonyl (C=O) groups is 1. The van der Waals surface area contributed by atoms with E-state index in [-0.39, 0.29) is 5.91 Å². The van der Waals surface area contributed by atoms with Gasteiger partial charge in [-0.15, -0.1) is 0 Å². The molecule has 0 radical (unpaired) electrons. The molecular formula is C21H28N2O2. The van der Waals surface area contributed by atoms with Crippen LogP contribution in [0.3, 0.4) is 0 Å². The van der Waals surface area contributed by atoms with Crippen molar-refractivity contribution in [3.05, 3.63) is 71.8 Å². The molecule has 0 spiro atoms. The second kappa shape index (κ2) is 8.79. The van der Waals surface area contributed by atoms with Crippen LogP contribution in [0.1, 0.15) is 18.1 Å². The van der Waals surface area contributed by atoms with Crippen LogP contribution in [0.15, 0.2) is 60.7 Å². The molecular weight excluding hydrogens is 312 g/mol. The summed E-state index contributed by atoms with van der Waals surface area (Å²) >= 11 is 0. The fourth-order valence-electron chi connectivity index (χ4n) is 2.92. The van der Waals surface area contributed by atoms with Gasteiger partial charge in [-0.2, -0.15) is 0 Å². The molecule has 2 aromatic carbocycles. The number of ether oxygens (including phenoxy) is 1. The van der Waals surface area contributed by atoms with E-state index in [0.717, 1.165) is 17.7 Å². The van der Waals surface area contributed by atoms with Crippen LogP contribution >= 0.6 is 0 Å². The van der Waals surface area contributed by atoms with Crippen molar-refractivity contribution >= 4 is 5.91 Å². The van der Waals surface area contributed by atoms with E-state index in [1.165, 1.54) is 0 Å². The van der Waals surface area contributed by atoms with Crippen molar-refractivity contribution < 1.29 is 9.53 Å². The molecule has 0 saturated heterocycles. The Kier molecular flexibility index (Phi) is 6.73. The minimum Gasteiger partial charge on any atom is -0.356 e. The number of carbonyl (C=O) groups excluding carboxylic acids is 1. The fraction of sp³-hybridized carbons (Fsp3) is 0.381. The van der Waals surface area contributed by atoms with Crippen LogP contribution in [0.5, 0.6) is 0 Å². The molecule has 2 aromatic rings. The molecule has 0 bridgehead atoms. The SMILES string of the molecule is CCOC(C(=O)N(C)CCN(C)C)(c1ccccc1)c1ccccc1. The summed E-state index contributed by atoms with van der Waals surface area (Å²) < 4.78 is 6.19. The van der Waals surface area contributed by atoms with E-state index >= 15 is 0 Å². The van der Waals surface area contributed by atoms with Crippen LogP contribution in [0.25, 0.3) is 0 Å². The summed E-state index contributed by atoms with van der Waals surface area (Å²) in [6.07, 6.45) is 0. The third-order valence-electron chi connectivity index (χ3n) is 4.25. The van der Waals surface area contributed by atoms with Gasteiger partial charge in [0, 0.05) is 26.7 Å². The zero-order valence-corrected chi connectivity index (χ0v) is 15.6. The van der Waals surface area contributed by atoms with Crippen molar-refractivity contribution in [1.29, 1.82) is 0 Å². The number of rotatable bonds is 8. The Morgan fingerprint density at radius 1 is 0.880 bits per heavy atom. The summed E-state index contributed by atoms with van der Waals surface area (Å²) in [7, 11) is 5.84. The Balaban J connectivity index is 2.52. The molecule has 134 valence electrons. The second-order valence-corrected chi connectivity index (χ2v) is 6.38. The molecule has 0 N–H and O–H groups in total. The lowest BCUT2D eigenvalue weighted by atomic mass is 9.84. The van der Waals surface area contributed by atoms with Gasteiger partial charge in [0.15, 0.2) is 5.60 Å². The summed E-state index contributed by atoms with van der Waals surface area (Å²) in [6.45, 7) is 3.80. The lowest BCUT2D eigenvalue weighted by molar-refractivity contribution is -0.152. The predicted octanol–water partition coefficient (Wildman–Crippen LogP) is 2.99. The normalized spacial score (nSPS) is 11.6. The number of likely N-dealkylation sites (N-methyl/N-ethyl adjacent to an activating group) is 2. The quantitative estimate of drug-likeness (QED) is 0.741. The maximum atomic E-state index is 13.6. The lowest BCUT2D eigenvalue weighted by Crippen LogP contribution is -2.49. The van der Waals surface area contributed by atoms with Gasteiger partial charge in [-0.1, -0.05) is 60.7 Å². The maximum Gasteiger partial charge on any atom is 0.263 e. The first-order chi connectivity index (χ1) is 12.0. The Hall–Kier alpha value is -2.17. The first-order valence-corrected chi connectivity index (χ1v) is 8.67. The fourth-order valence-corrected chi connectivity index (χ4v) is 2.92. The van der Waals surface area contributed by atoms with Gasteiger partial charge in [0.05, 0.1) is 0 Å². The van der Waals surface area contributed by atoms with E-state index in [0.29, 0.717) is 13.2 Å². The number of hydrogen-bond donors (Lipinski definition) is 0. The van der Waals surface area contributed by atoms with Gasteiger partial charge in [-0.25, -0.2) is 0 Å². The van der Waals surface area contributed by atoms with E-state index in [2.05, 4.69) is 4.90 Å². The molecule has 0 saturated carbocycles. The number of amides is 1. The molecule has 0 aliphatic rings. The van der Waals surface area contributed by atoms with Crippen LogP contribution in [0.4, 0.5) is 0 Å². The summed E-state index contributed by atoms with van der Waals surface area (Å²) in [5.74, 6) is -0.0476. The lowest BCUT2D eigenvalue weighted by Gasteiger charge is -2.36. The first-order valence-electron chi connectivity index (χ1n) is 8.67. The van der Waals surface area contributed by atoms with Gasteiger partial charge >= 0.3 is 0 Å². The van der Waals surface area contributed by atoms with Gasteiger partial charge in [-0.3, -0.25) is 4.79 Å². The van der Waals surface area contributed by atoms with Crippen LogP contribution in [-0.4, -0.2) is 56.5 Å². The maximum absolute atomic E-state index is 13.6. The molecule has 0 aliphatic carbocycles. The van der Waals surface area contributed by atoms with Gasteiger partial charge in [-0.05, 0) is 32.1 Å². The Labute approximate surface area is 151 Å². The van der Waals surface area contributed by atoms with Gasteiger partial charge in [0.2, 0.25) is 0 Å². The molecule has 0 heterocycles. The smallest absolute Gasteiger partial charge is 0.263 e. The van der Waals surface area contributed by atoms with Gasteiger partial charge in [0.25, 0.3) is 5.91 Å². The van der Waals surface area contributed by atoms with Crippen molar-refractivity contribution in [2.24, 2.45) is 0 Å². The minimum absolute atomic E-state index is 0.0476. The zero-order valence-electron chi connectivity index (χ0n) is 15.6. The van der Waals surface area contributed by atoms with E-state index in [1.54, 1.807) is 4.90 Å². The highest BCUT2D eigenvalue weighted by Gasteiger charge is 2.44. The molecule has 4 heteroatoms. The third-order valence-corrected chi connectivity index (χ3v) is 4.25. The monoisotopic (exact) mass is 340 g/mol. The van der Waals surface area contributed by atoms with Gasteiger partial charge in [0.1, 0.15) is 0 Å². The first kappa shape index (κ1) is 19.2. The highest BCUT2D eigenvalue weighted by atomic mass is 16.5. The van der Waals surface area contributed by atoms with Crippen LogP contribution in [-0.2, 0) is 15.1 Å². The molecule has 0 aromatic heterocycles. The molecule has 2 rings (SSSR count). The molecule has 1 amide bonds. The molecule has 0 aliphatic heterocycles. The summed E-state index contributed by atoms with van der Waals surface area (Å²) in [4.78, 5) is 17.4. The number of hydrogen-bond acceptors (Lipinski definition) is 3. The largest absolute Gasteiger partial charge is 0.356 e. The number of benzene rings is 2. The van der Waals surface area contributed by atoms with Crippen molar-refractivity contribution in [2.75, 3.05) is 40.8 Å². The zero-order chi connectivity index (χ0) is 18.3. The molecule has 4 nitrogen and oxygen atoms in total. The van der Waals surface area contributed by atoms with Crippen LogP contribution < -0.4 is 0 Å². The van der Waals surface area contributed by atoms with Crippen molar-refractivity contribution in [2.45, 2.75) is 12.5 Å². The van der Waals surface area contributed by atoms with Crippen molar-refractivity contribution in [3.8, 4) is 0 Å². The van der Waals surface area contributed by atoms with Crippen LogP contribution in [0.2, 0.25) is 0 Å². The topological polar surface area (TPSA) is 32.8 Å². The Bertz CT molecular complexity index is 617. The highest BCUT2D eigenvalue weighted by Crippen LogP contribution is 2.35. The molecule has 0 fully saturated rings. The second-order valence-electron chi connectivity index (χ2n) is 6.38. The molecule has 0 unspecified atom stereocenters. The van der Waals surface area contributed by atoms with Crippen LogP contribution in [0, 0.1) is 0 Å². The minimum atomic E-state index is -1.13. The van der Waals surface area contributed by atoms with Crippen molar-refractivity contribution in [3.63, 3.8) is 0 Å². The predicted molar refractivity (Wildman–Crippen MR) is 101 cm³/mol. The van der Waals surface area contributed by atoms with E-state index in [1.807, 2.05) is 88.7 Å². The van der Waals surface area contributed by atoms with E-state index in [9.17, 15) is 4.79 Å². The Morgan fingerprint density at radius 3 is 1.76 bits per heavy atom. The highest BCUT2D eigenvalue weighted by molar-refractivity contribution is 5.90. The van der Waals surface area contributed by atoms with E-state index < -0.39 is 5.60 Å². The Morgan fingerprint density at radius 2 is 1.36 bits per heavy atom. The standard InChI is InChI=1S/C21H28N2O2/c1-5-25-21(18-12-8-6-9-13-18,19-14-10-7-11-15-19)20(24)23(4)17-16-22(2)3/h6-15H,5,16-17H2,1-4H3. The summed E-state index contributed by atoms with van der Waals surface area (Å²) in [5, 5.41) is 0. The molecule has 0 atom stereocenters.